The SMILES string of the molecule is CC(C)C(N)c1ccc2c(c1)CCCC2NC(=O)CC(NS(=O)(=O)c1cccc(C(F)(F)F)c1)c1ccc(F)cc1. The van der Waals surface area contributed by atoms with Crippen molar-refractivity contribution in [2.75, 3.05) is 0 Å². The molecule has 0 saturated carbocycles. The van der Waals surface area contributed by atoms with Crippen molar-refractivity contribution in [3.8, 4) is 0 Å². The number of hydrogen-bond acceptors (Lipinski definition) is 4. The lowest BCUT2D eigenvalue weighted by Gasteiger charge is -2.29. The number of halogens is 4. The molecule has 3 unspecified atom stereocenters. The maximum atomic E-state index is 13.6. The molecule has 0 saturated heterocycles. The predicted octanol–water partition coefficient (Wildman–Crippen LogP) is 6.10. The van der Waals surface area contributed by atoms with Crippen LogP contribution in [0.2, 0.25) is 0 Å². The van der Waals surface area contributed by atoms with Gasteiger partial charge in [0.1, 0.15) is 5.82 Å². The topological polar surface area (TPSA) is 101 Å². The molecule has 11 heteroatoms. The normalized spacial score (nSPS) is 17.1. The van der Waals surface area contributed by atoms with Crippen molar-refractivity contribution in [3.63, 3.8) is 0 Å². The number of rotatable bonds is 9. The van der Waals surface area contributed by atoms with E-state index in [2.05, 4.69) is 16.1 Å². The highest BCUT2D eigenvalue weighted by Crippen LogP contribution is 2.34. The number of carbonyl (C=O) groups is 1. The summed E-state index contributed by atoms with van der Waals surface area (Å²) in [5, 5.41) is 2.98. The zero-order chi connectivity index (χ0) is 29.9. The number of sulfonamides is 1. The summed E-state index contributed by atoms with van der Waals surface area (Å²) in [5.74, 6) is -0.768. The van der Waals surface area contributed by atoms with Crippen LogP contribution in [0.4, 0.5) is 17.6 Å². The molecule has 0 fully saturated rings. The Bertz CT molecular complexity index is 1490. The minimum atomic E-state index is -4.74. The molecule has 1 aliphatic rings. The van der Waals surface area contributed by atoms with Gasteiger partial charge in [0.2, 0.25) is 15.9 Å². The number of benzene rings is 3. The van der Waals surface area contributed by atoms with Crippen LogP contribution < -0.4 is 15.8 Å². The van der Waals surface area contributed by atoms with E-state index in [9.17, 15) is 30.8 Å². The average Bonchev–Trinajstić information content (AvgIpc) is 2.92. The first-order valence-electron chi connectivity index (χ1n) is 13.4. The number of nitrogens with one attached hydrogen (secondary N) is 2. The van der Waals surface area contributed by atoms with E-state index < -0.39 is 44.4 Å². The first kappa shape index (κ1) is 30.7. The summed E-state index contributed by atoms with van der Waals surface area (Å²) in [6.07, 6.45) is -2.73. The van der Waals surface area contributed by atoms with E-state index in [4.69, 9.17) is 5.73 Å². The summed E-state index contributed by atoms with van der Waals surface area (Å²) in [6, 6.07) is 12.7. The van der Waals surface area contributed by atoms with Gasteiger partial charge < -0.3 is 11.1 Å². The van der Waals surface area contributed by atoms with Crippen LogP contribution in [0.15, 0.2) is 71.6 Å². The van der Waals surface area contributed by atoms with Crippen LogP contribution in [0, 0.1) is 11.7 Å². The van der Waals surface area contributed by atoms with Gasteiger partial charge in [-0.3, -0.25) is 4.79 Å². The lowest BCUT2D eigenvalue weighted by atomic mass is 9.84. The summed E-state index contributed by atoms with van der Waals surface area (Å²) < 4.78 is 81.9. The molecule has 0 heterocycles. The number of nitrogens with two attached hydrogens (primary N) is 1. The molecular formula is C30H33F4N3O3S. The molecule has 220 valence electrons. The second-order valence-electron chi connectivity index (χ2n) is 10.7. The van der Waals surface area contributed by atoms with Crippen molar-refractivity contribution in [3.05, 3.63) is 100 Å². The molecular weight excluding hydrogens is 558 g/mol. The van der Waals surface area contributed by atoms with Gasteiger partial charge in [0.25, 0.3) is 0 Å². The van der Waals surface area contributed by atoms with Gasteiger partial charge in [0.15, 0.2) is 0 Å². The number of aryl methyl sites for hydroxylation is 1. The van der Waals surface area contributed by atoms with Gasteiger partial charge >= 0.3 is 6.18 Å². The fraction of sp³-hybridized carbons (Fsp3) is 0.367. The van der Waals surface area contributed by atoms with Crippen molar-refractivity contribution < 1.29 is 30.8 Å². The maximum Gasteiger partial charge on any atom is 0.416 e. The Morgan fingerprint density at radius 3 is 2.37 bits per heavy atom. The van der Waals surface area contributed by atoms with Gasteiger partial charge in [-0.2, -0.15) is 13.2 Å². The summed E-state index contributed by atoms with van der Waals surface area (Å²) >= 11 is 0. The van der Waals surface area contributed by atoms with Gasteiger partial charge in [-0.25, -0.2) is 17.5 Å². The summed E-state index contributed by atoms with van der Waals surface area (Å²) in [7, 11) is -4.48. The quantitative estimate of drug-likeness (QED) is 0.262. The number of amides is 1. The second kappa shape index (κ2) is 12.3. The van der Waals surface area contributed by atoms with E-state index in [-0.39, 0.29) is 30.0 Å². The lowest BCUT2D eigenvalue weighted by molar-refractivity contribution is -0.137. The lowest BCUT2D eigenvalue weighted by Crippen LogP contribution is -2.36. The Kier molecular flexibility index (Phi) is 9.20. The van der Waals surface area contributed by atoms with E-state index in [1.165, 1.54) is 12.1 Å². The van der Waals surface area contributed by atoms with Gasteiger partial charge in [-0.1, -0.05) is 50.2 Å². The third-order valence-electron chi connectivity index (χ3n) is 7.35. The van der Waals surface area contributed by atoms with Crippen LogP contribution >= 0.6 is 0 Å². The van der Waals surface area contributed by atoms with Crippen LogP contribution in [-0.2, 0) is 27.4 Å². The molecule has 41 heavy (non-hydrogen) atoms. The Hall–Kier alpha value is -3.28. The van der Waals surface area contributed by atoms with E-state index in [0.29, 0.717) is 12.5 Å². The minimum absolute atomic E-state index is 0.114. The molecule has 4 N–H and O–H groups in total. The third kappa shape index (κ3) is 7.52. The number of carbonyl (C=O) groups excluding carboxylic acids is 1. The molecule has 3 aromatic carbocycles. The van der Waals surface area contributed by atoms with Gasteiger partial charge in [0.05, 0.1) is 22.5 Å². The molecule has 0 spiro atoms. The molecule has 0 radical (unpaired) electrons. The molecule has 3 atom stereocenters. The highest BCUT2D eigenvalue weighted by atomic mass is 32.2. The minimum Gasteiger partial charge on any atom is -0.349 e. The Labute approximate surface area is 237 Å². The number of alkyl halides is 3. The zero-order valence-corrected chi connectivity index (χ0v) is 23.5. The summed E-state index contributed by atoms with van der Waals surface area (Å²) in [6.45, 7) is 4.10. The molecule has 3 aromatic rings. The van der Waals surface area contributed by atoms with E-state index in [0.717, 1.165) is 59.9 Å². The van der Waals surface area contributed by atoms with E-state index in [1.54, 1.807) is 0 Å². The predicted molar refractivity (Wildman–Crippen MR) is 148 cm³/mol. The third-order valence-corrected chi connectivity index (χ3v) is 8.82. The molecule has 0 aliphatic heterocycles. The van der Waals surface area contributed by atoms with Crippen LogP contribution in [0.3, 0.4) is 0 Å². The van der Waals surface area contributed by atoms with Crippen LogP contribution in [-0.4, -0.2) is 14.3 Å². The Morgan fingerprint density at radius 2 is 1.71 bits per heavy atom. The van der Waals surface area contributed by atoms with E-state index >= 15 is 0 Å². The Morgan fingerprint density at radius 1 is 1.02 bits per heavy atom. The molecule has 6 nitrogen and oxygen atoms in total. The largest absolute Gasteiger partial charge is 0.416 e. The highest BCUT2D eigenvalue weighted by Gasteiger charge is 2.33. The molecule has 0 aromatic heterocycles. The van der Waals surface area contributed by atoms with Crippen molar-refractivity contribution in [1.82, 2.24) is 10.0 Å². The first-order valence-corrected chi connectivity index (χ1v) is 14.9. The van der Waals surface area contributed by atoms with Crippen LogP contribution in [0.25, 0.3) is 0 Å². The first-order chi connectivity index (χ1) is 19.2. The summed E-state index contributed by atoms with van der Waals surface area (Å²) in [4.78, 5) is 12.7. The monoisotopic (exact) mass is 591 g/mol. The average molecular weight is 592 g/mol. The van der Waals surface area contributed by atoms with Gasteiger partial charge in [0, 0.05) is 12.5 Å². The molecule has 4 rings (SSSR count). The van der Waals surface area contributed by atoms with Crippen molar-refractivity contribution in [2.24, 2.45) is 11.7 Å². The van der Waals surface area contributed by atoms with Crippen LogP contribution in [0.1, 0.15) is 79.1 Å². The van der Waals surface area contributed by atoms with Gasteiger partial charge in [-0.05, 0) is 77.8 Å². The standard InChI is InChI=1S/C30H33F4N3O3S/c1-18(2)29(35)21-11-14-25-20(15-21)5-3-8-26(25)36-28(38)17-27(19-9-12-23(31)13-10-19)37-41(39,40)24-7-4-6-22(16-24)30(32,33)34/h4,6-7,9-16,18,26-27,29,37H,3,5,8,17,35H2,1-2H3,(H,36,38). The van der Waals surface area contributed by atoms with Crippen molar-refractivity contribution in [1.29, 1.82) is 0 Å². The highest BCUT2D eigenvalue weighted by molar-refractivity contribution is 7.89. The zero-order valence-electron chi connectivity index (χ0n) is 22.7. The fourth-order valence-electron chi connectivity index (χ4n) is 5.03. The maximum absolute atomic E-state index is 13.6. The van der Waals surface area contributed by atoms with E-state index in [1.807, 2.05) is 26.0 Å². The number of fused-ring (bicyclic) bond motifs is 1. The van der Waals surface area contributed by atoms with Crippen molar-refractivity contribution >= 4 is 15.9 Å². The van der Waals surface area contributed by atoms with Crippen LogP contribution in [0.5, 0.6) is 0 Å². The molecule has 1 amide bonds. The number of hydrogen-bond donors (Lipinski definition) is 3. The Balaban J connectivity index is 1.56. The smallest absolute Gasteiger partial charge is 0.349 e. The molecule has 1 aliphatic carbocycles. The molecule has 0 bridgehead atoms. The fourth-order valence-corrected chi connectivity index (χ4v) is 6.30. The summed E-state index contributed by atoms with van der Waals surface area (Å²) in [5.41, 5.74) is 8.57. The second-order valence-corrected chi connectivity index (χ2v) is 12.4. The van der Waals surface area contributed by atoms with Crippen molar-refractivity contribution in [2.45, 2.75) is 68.7 Å². The van der Waals surface area contributed by atoms with Gasteiger partial charge in [-0.15, -0.1) is 0 Å².